The Bertz CT molecular complexity index is 804. The molecule has 0 radical (unpaired) electrons. The van der Waals surface area contributed by atoms with E-state index in [1.165, 1.54) is 6.33 Å². The first-order valence-electron chi connectivity index (χ1n) is 8.45. The molecule has 1 fully saturated rings. The molecule has 0 bridgehead atoms. The minimum Gasteiger partial charge on any atom is -0.342 e. The first-order valence-corrected chi connectivity index (χ1v) is 8.45. The van der Waals surface area contributed by atoms with Gasteiger partial charge in [0.25, 0.3) is 11.5 Å². The Kier molecular flexibility index (Phi) is 4.51. The van der Waals surface area contributed by atoms with Gasteiger partial charge in [-0.25, -0.2) is 9.67 Å². The Labute approximate surface area is 140 Å². The molecule has 128 valence electrons. The van der Waals surface area contributed by atoms with Gasteiger partial charge in [-0.3, -0.25) is 9.59 Å². The zero-order chi connectivity index (χ0) is 17.3. The van der Waals surface area contributed by atoms with Gasteiger partial charge in [0.2, 0.25) is 0 Å². The molecule has 1 N–H and O–H groups in total. The topological polar surface area (TPSA) is 81.8 Å². The summed E-state index contributed by atoms with van der Waals surface area (Å²) in [6, 6.07) is 3.21. The van der Waals surface area contributed by atoms with Crippen molar-refractivity contribution in [2.75, 3.05) is 0 Å². The van der Waals surface area contributed by atoms with Gasteiger partial charge in [0, 0.05) is 18.8 Å². The molecule has 0 spiro atoms. The highest BCUT2D eigenvalue weighted by Gasteiger charge is 2.36. The van der Waals surface area contributed by atoms with Crippen LogP contribution < -0.4 is 10.9 Å². The van der Waals surface area contributed by atoms with Crippen molar-refractivity contribution in [1.82, 2.24) is 24.6 Å². The summed E-state index contributed by atoms with van der Waals surface area (Å²) in [5, 5.41) is 7.20. The van der Waals surface area contributed by atoms with Crippen LogP contribution in [0.1, 0.15) is 54.6 Å². The van der Waals surface area contributed by atoms with Gasteiger partial charge in [-0.2, -0.15) is 5.10 Å². The third kappa shape index (κ3) is 2.98. The van der Waals surface area contributed by atoms with Crippen molar-refractivity contribution in [3.8, 4) is 0 Å². The number of aryl methyl sites for hydroxylation is 2. The number of pyridine rings is 1. The highest BCUT2D eigenvalue weighted by atomic mass is 16.2. The van der Waals surface area contributed by atoms with Gasteiger partial charge in [-0.05, 0) is 51.7 Å². The second-order valence-corrected chi connectivity index (χ2v) is 6.16. The molecule has 2 aromatic rings. The number of rotatable bonds is 6. The molecule has 1 aliphatic carbocycles. The smallest absolute Gasteiger partial charge is 0.263 e. The van der Waals surface area contributed by atoms with E-state index in [0.717, 1.165) is 24.4 Å². The van der Waals surface area contributed by atoms with Crippen LogP contribution in [0.4, 0.5) is 0 Å². The maximum absolute atomic E-state index is 12.7. The molecule has 0 aliphatic heterocycles. The highest BCUT2D eigenvalue weighted by molar-refractivity contribution is 5.94. The maximum Gasteiger partial charge on any atom is 0.263 e. The van der Waals surface area contributed by atoms with E-state index in [-0.39, 0.29) is 23.1 Å². The lowest BCUT2D eigenvalue weighted by atomic mass is 10.1. The average molecular weight is 329 g/mol. The molecule has 0 aromatic carbocycles. The van der Waals surface area contributed by atoms with Crippen molar-refractivity contribution in [3.05, 3.63) is 45.9 Å². The molecular weight excluding hydrogens is 306 g/mol. The average Bonchev–Trinajstić information content (AvgIpc) is 3.29. The predicted octanol–water partition coefficient (Wildman–Crippen LogP) is 1.67. The van der Waals surface area contributed by atoms with E-state index < -0.39 is 0 Å². The minimum absolute atomic E-state index is 0.177. The molecule has 24 heavy (non-hydrogen) atoms. The van der Waals surface area contributed by atoms with Crippen LogP contribution in [-0.2, 0) is 13.1 Å². The van der Waals surface area contributed by atoms with Gasteiger partial charge in [0.15, 0.2) is 0 Å². The van der Waals surface area contributed by atoms with E-state index in [1.807, 2.05) is 20.8 Å². The molecule has 2 heterocycles. The van der Waals surface area contributed by atoms with E-state index in [1.54, 1.807) is 21.4 Å². The number of nitrogens with one attached hydrogen (secondary N) is 1. The molecule has 3 rings (SSSR count). The molecule has 2 aromatic heterocycles. The van der Waals surface area contributed by atoms with E-state index >= 15 is 0 Å². The van der Waals surface area contributed by atoms with E-state index in [4.69, 9.17) is 0 Å². The minimum atomic E-state index is -0.343. The Morgan fingerprint density at radius 1 is 1.33 bits per heavy atom. The Morgan fingerprint density at radius 2 is 2.08 bits per heavy atom. The van der Waals surface area contributed by atoms with Crippen LogP contribution in [-0.4, -0.2) is 25.2 Å². The molecule has 7 heteroatoms. The van der Waals surface area contributed by atoms with Crippen molar-refractivity contribution < 1.29 is 4.79 Å². The quantitative estimate of drug-likeness (QED) is 0.874. The van der Waals surface area contributed by atoms with Crippen molar-refractivity contribution in [2.24, 2.45) is 5.92 Å². The van der Waals surface area contributed by atoms with Crippen LogP contribution in [0.25, 0.3) is 0 Å². The predicted molar refractivity (Wildman–Crippen MR) is 89.7 cm³/mol. The third-order valence-electron chi connectivity index (χ3n) is 4.56. The highest BCUT2D eigenvalue weighted by Crippen LogP contribution is 2.40. The van der Waals surface area contributed by atoms with Gasteiger partial charge >= 0.3 is 0 Å². The van der Waals surface area contributed by atoms with E-state index in [0.29, 0.717) is 19.0 Å². The normalized spacial score (nSPS) is 15.3. The summed E-state index contributed by atoms with van der Waals surface area (Å²) in [5.41, 5.74) is 0.778. The summed E-state index contributed by atoms with van der Waals surface area (Å²) >= 11 is 0. The van der Waals surface area contributed by atoms with Crippen LogP contribution in [0.2, 0.25) is 0 Å². The Hall–Kier alpha value is -2.44. The molecule has 1 unspecified atom stereocenters. The molecule has 7 nitrogen and oxygen atoms in total. The fourth-order valence-electron chi connectivity index (χ4n) is 3.04. The lowest BCUT2D eigenvalue weighted by Crippen LogP contribution is -2.37. The number of hydrogen-bond acceptors (Lipinski definition) is 4. The number of carbonyl (C=O) groups is 1. The number of hydrogen-bond donors (Lipinski definition) is 1. The maximum atomic E-state index is 12.7. The first-order chi connectivity index (χ1) is 11.6. The molecule has 1 aliphatic rings. The van der Waals surface area contributed by atoms with Crippen molar-refractivity contribution in [2.45, 2.75) is 52.7 Å². The standard InChI is InChI=1S/C17H23N5O2/c1-4-21-11(3)6-9-13(17(21)24)16(23)20-14(12-7-8-12)15-18-10-19-22(15)5-2/h6,9-10,12,14H,4-5,7-8H2,1-3H3,(H,20,23). The van der Waals surface area contributed by atoms with Gasteiger partial charge in [-0.15, -0.1) is 0 Å². The molecule has 0 saturated heterocycles. The summed E-state index contributed by atoms with van der Waals surface area (Å²) in [4.78, 5) is 29.5. The largest absolute Gasteiger partial charge is 0.342 e. The van der Waals surface area contributed by atoms with E-state index in [9.17, 15) is 9.59 Å². The molecule has 1 amide bonds. The number of carbonyl (C=O) groups excluding carboxylic acids is 1. The third-order valence-corrected chi connectivity index (χ3v) is 4.56. The van der Waals surface area contributed by atoms with Crippen LogP contribution in [0.3, 0.4) is 0 Å². The second kappa shape index (κ2) is 6.59. The van der Waals surface area contributed by atoms with E-state index in [2.05, 4.69) is 15.4 Å². The van der Waals surface area contributed by atoms with Crippen molar-refractivity contribution >= 4 is 5.91 Å². The van der Waals surface area contributed by atoms with Gasteiger partial charge in [0.1, 0.15) is 17.7 Å². The number of aromatic nitrogens is 4. The van der Waals surface area contributed by atoms with Gasteiger partial charge < -0.3 is 9.88 Å². The summed E-state index contributed by atoms with van der Waals surface area (Å²) in [6.07, 6.45) is 3.61. The lowest BCUT2D eigenvalue weighted by Gasteiger charge is -2.18. The van der Waals surface area contributed by atoms with Crippen molar-refractivity contribution in [3.63, 3.8) is 0 Å². The summed E-state index contributed by atoms with van der Waals surface area (Å²) < 4.78 is 3.40. The van der Waals surface area contributed by atoms with Crippen molar-refractivity contribution in [1.29, 1.82) is 0 Å². The molecule has 1 atom stereocenters. The summed E-state index contributed by atoms with van der Waals surface area (Å²) in [7, 11) is 0. The van der Waals surface area contributed by atoms with Gasteiger partial charge in [-0.1, -0.05) is 0 Å². The van der Waals surface area contributed by atoms with Gasteiger partial charge in [0.05, 0.1) is 6.04 Å². The number of nitrogens with zero attached hydrogens (tertiary/aromatic N) is 4. The fourth-order valence-corrected chi connectivity index (χ4v) is 3.04. The monoisotopic (exact) mass is 329 g/mol. The Morgan fingerprint density at radius 3 is 2.71 bits per heavy atom. The van der Waals surface area contributed by atoms with Crippen LogP contribution in [0, 0.1) is 12.8 Å². The first kappa shape index (κ1) is 16.4. The zero-order valence-corrected chi connectivity index (χ0v) is 14.3. The fraction of sp³-hybridized carbons (Fsp3) is 0.529. The molecular formula is C17H23N5O2. The summed E-state index contributed by atoms with van der Waals surface area (Å²) in [6.45, 7) is 6.99. The van der Waals surface area contributed by atoms with Crippen LogP contribution in [0.5, 0.6) is 0 Å². The SMILES string of the molecule is CCn1ncnc1C(NC(=O)c1ccc(C)n(CC)c1=O)C1CC1. The second-order valence-electron chi connectivity index (χ2n) is 6.16. The van der Waals surface area contributed by atoms with Crippen LogP contribution >= 0.6 is 0 Å². The molecule has 1 saturated carbocycles. The number of amides is 1. The summed E-state index contributed by atoms with van der Waals surface area (Å²) in [5.74, 6) is 0.781. The van der Waals surface area contributed by atoms with Crippen LogP contribution in [0.15, 0.2) is 23.3 Å². The Balaban J connectivity index is 1.89. The lowest BCUT2D eigenvalue weighted by molar-refractivity contribution is 0.0926. The zero-order valence-electron chi connectivity index (χ0n) is 14.3.